The van der Waals surface area contributed by atoms with E-state index in [0.29, 0.717) is 18.1 Å². The molecule has 19 heavy (non-hydrogen) atoms. The van der Waals surface area contributed by atoms with E-state index in [4.69, 9.17) is 14.2 Å². The molecule has 106 valence electrons. The molecular weight excluding hydrogens is 244 g/mol. The molecule has 0 radical (unpaired) electrons. The van der Waals surface area contributed by atoms with Crippen LogP contribution in [0.2, 0.25) is 0 Å². The van der Waals surface area contributed by atoms with Gasteiger partial charge in [-0.15, -0.1) is 0 Å². The van der Waals surface area contributed by atoms with E-state index in [0.717, 1.165) is 25.7 Å². The highest BCUT2D eigenvalue weighted by molar-refractivity contribution is 5.74. The summed E-state index contributed by atoms with van der Waals surface area (Å²) >= 11 is 0. The van der Waals surface area contributed by atoms with E-state index >= 15 is 0 Å². The fourth-order valence-corrected chi connectivity index (χ4v) is 4.10. The molecule has 4 heteroatoms. The monoisotopic (exact) mass is 266 g/mol. The average molecular weight is 266 g/mol. The lowest BCUT2D eigenvalue weighted by molar-refractivity contribution is -0.144. The second kappa shape index (κ2) is 3.53. The lowest BCUT2D eigenvalue weighted by Gasteiger charge is -2.22. The minimum atomic E-state index is -0.0780. The number of hydrogen-bond acceptors (Lipinski definition) is 4. The number of rotatable bonds is 0. The van der Waals surface area contributed by atoms with Crippen LogP contribution in [0.4, 0.5) is 0 Å². The van der Waals surface area contributed by atoms with Crippen LogP contribution in [0, 0.1) is 11.8 Å². The van der Waals surface area contributed by atoms with Crippen molar-refractivity contribution >= 4 is 5.97 Å². The molecule has 0 amide bonds. The molecule has 0 bridgehead atoms. The van der Waals surface area contributed by atoms with Crippen molar-refractivity contribution in [3.8, 4) is 0 Å². The van der Waals surface area contributed by atoms with Crippen LogP contribution in [0.15, 0.2) is 0 Å². The summed E-state index contributed by atoms with van der Waals surface area (Å²) in [6.07, 6.45) is 4.58. The lowest BCUT2D eigenvalue weighted by atomic mass is 9.79. The van der Waals surface area contributed by atoms with Crippen LogP contribution in [-0.4, -0.2) is 35.5 Å². The van der Waals surface area contributed by atoms with E-state index < -0.39 is 0 Å². The van der Waals surface area contributed by atoms with E-state index in [-0.39, 0.29) is 29.2 Å². The van der Waals surface area contributed by atoms with Gasteiger partial charge in [-0.05, 0) is 33.1 Å². The van der Waals surface area contributed by atoms with E-state index in [1.54, 1.807) is 0 Å². The molecule has 4 nitrogen and oxygen atoms in total. The molecule has 1 saturated carbocycles. The molecule has 0 spiro atoms. The SMILES string of the molecule is C[C@@H]1C(=O)O[C@H]2C[C@]3(C)O[C@@H]3CC[C@]3(C)O[C@H]3C[C@H]21. The van der Waals surface area contributed by atoms with Gasteiger partial charge >= 0.3 is 5.97 Å². The number of fused-ring (bicyclic) bond motifs is 3. The summed E-state index contributed by atoms with van der Waals surface area (Å²) in [6.45, 7) is 6.34. The molecule has 3 heterocycles. The zero-order valence-electron chi connectivity index (χ0n) is 11.8. The van der Waals surface area contributed by atoms with E-state index in [2.05, 4.69) is 13.8 Å². The summed E-state index contributed by atoms with van der Waals surface area (Å²) in [7, 11) is 0. The number of carbonyl (C=O) groups excluding carboxylic acids is 1. The van der Waals surface area contributed by atoms with Gasteiger partial charge in [-0.3, -0.25) is 4.79 Å². The molecule has 0 aromatic rings. The van der Waals surface area contributed by atoms with Gasteiger partial charge in [-0.2, -0.15) is 0 Å². The van der Waals surface area contributed by atoms with Crippen LogP contribution in [0.3, 0.4) is 0 Å². The molecule has 0 N–H and O–H groups in total. The predicted octanol–water partition coefficient (Wildman–Crippen LogP) is 2.05. The number of epoxide rings is 2. The molecule has 3 saturated heterocycles. The Morgan fingerprint density at radius 2 is 1.89 bits per heavy atom. The highest BCUT2D eigenvalue weighted by atomic mass is 16.6. The summed E-state index contributed by atoms with van der Waals surface area (Å²) in [5, 5.41) is 0. The first kappa shape index (κ1) is 12.2. The van der Waals surface area contributed by atoms with Crippen molar-refractivity contribution in [3.63, 3.8) is 0 Å². The normalized spacial score (nSPS) is 59.5. The van der Waals surface area contributed by atoms with Gasteiger partial charge in [0.15, 0.2) is 0 Å². The van der Waals surface area contributed by atoms with Crippen molar-refractivity contribution in [2.75, 3.05) is 0 Å². The molecule has 0 aromatic carbocycles. The van der Waals surface area contributed by atoms with Crippen LogP contribution in [-0.2, 0) is 19.0 Å². The minimum absolute atomic E-state index is 0.00123. The van der Waals surface area contributed by atoms with Gasteiger partial charge < -0.3 is 14.2 Å². The fourth-order valence-electron chi connectivity index (χ4n) is 4.10. The smallest absolute Gasteiger partial charge is 0.309 e. The third kappa shape index (κ3) is 1.76. The summed E-state index contributed by atoms with van der Waals surface area (Å²) < 4.78 is 17.4. The van der Waals surface area contributed by atoms with Gasteiger partial charge in [0.25, 0.3) is 0 Å². The van der Waals surface area contributed by atoms with Crippen LogP contribution < -0.4 is 0 Å². The average Bonchev–Trinajstić information content (AvgIpc) is 3.15. The first-order valence-electron chi connectivity index (χ1n) is 7.47. The number of ether oxygens (including phenoxy) is 3. The maximum absolute atomic E-state index is 11.9. The standard InChI is InChI=1S/C15H22O4/c1-8-9-6-12-14(2,19-12)5-4-11-15(3,18-11)7-10(9)17-13(8)16/h8-12H,4-7H2,1-3H3/t8-,9-,10-,11+,12-,14-,15-/m0/s1. The van der Waals surface area contributed by atoms with Crippen LogP contribution >= 0.6 is 0 Å². The largest absolute Gasteiger partial charge is 0.462 e. The third-order valence-electron chi connectivity index (χ3n) is 5.83. The van der Waals surface area contributed by atoms with Gasteiger partial charge in [-0.25, -0.2) is 0 Å². The Hall–Kier alpha value is -0.610. The molecule has 4 aliphatic rings. The van der Waals surface area contributed by atoms with Crippen molar-refractivity contribution in [1.82, 2.24) is 0 Å². The summed E-state index contributed by atoms with van der Waals surface area (Å²) in [6, 6.07) is 0. The van der Waals surface area contributed by atoms with Crippen molar-refractivity contribution < 1.29 is 19.0 Å². The Labute approximate surface area is 113 Å². The third-order valence-corrected chi connectivity index (χ3v) is 5.83. The Morgan fingerprint density at radius 3 is 2.68 bits per heavy atom. The topological polar surface area (TPSA) is 51.4 Å². The summed E-state index contributed by atoms with van der Waals surface area (Å²) in [5.41, 5.74) is -0.0640. The second-order valence-corrected chi connectivity index (χ2v) is 7.24. The zero-order valence-corrected chi connectivity index (χ0v) is 11.8. The van der Waals surface area contributed by atoms with E-state index in [9.17, 15) is 4.79 Å². The van der Waals surface area contributed by atoms with Gasteiger partial charge in [0.2, 0.25) is 0 Å². The van der Waals surface area contributed by atoms with E-state index in [1.165, 1.54) is 0 Å². The van der Waals surface area contributed by atoms with Gasteiger partial charge in [0, 0.05) is 12.3 Å². The highest BCUT2D eigenvalue weighted by Gasteiger charge is 2.62. The number of esters is 1. The Bertz CT molecular complexity index is 436. The lowest BCUT2D eigenvalue weighted by Crippen LogP contribution is -2.30. The molecule has 4 rings (SSSR count). The fraction of sp³-hybridized carbons (Fsp3) is 0.933. The van der Waals surface area contributed by atoms with Crippen molar-refractivity contribution in [2.45, 2.75) is 76.0 Å². The van der Waals surface area contributed by atoms with E-state index in [1.807, 2.05) is 6.92 Å². The number of hydrogen-bond donors (Lipinski definition) is 0. The van der Waals surface area contributed by atoms with Crippen molar-refractivity contribution in [2.24, 2.45) is 11.8 Å². The molecule has 0 unspecified atom stereocenters. The molecule has 3 aliphatic heterocycles. The molecular formula is C15H22O4. The van der Waals surface area contributed by atoms with Crippen LogP contribution in [0.1, 0.15) is 46.5 Å². The van der Waals surface area contributed by atoms with Crippen LogP contribution in [0.25, 0.3) is 0 Å². The quantitative estimate of drug-likeness (QED) is 0.497. The van der Waals surface area contributed by atoms with Crippen LogP contribution in [0.5, 0.6) is 0 Å². The Morgan fingerprint density at radius 1 is 1.16 bits per heavy atom. The second-order valence-electron chi connectivity index (χ2n) is 7.24. The highest BCUT2D eigenvalue weighted by Crippen LogP contribution is 2.54. The number of carbonyl (C=O) groups is 1. The van der Waals surface area contributed by atoms with Crippen molar-refractivity contribution in [1.29, 1.82) is 0 Å². The Kier molecular flexibility index (Phi) is 2.26. The molecule has 4 fully saturated rings. The van der Waals surface area contributed by atoms with Gasteiger partial charge in [-0.1, -0.05) is 6.92 Å². The van der Waals surface area contributed by atoms with Gasteiger partial charge in [0.05, 0.1) is 29.3 Å². The van der Waals surface area contributed by atoms with Gasteiger partial charge in [0.1, 0.15) is 6.10 Å². The van der Waals surface area contributed by atoms with Crippen molar-refractivity contribution in [3.05, 3.63) is 0 Å². The summed E-state index contributed by atoms with van der Waals surface area (Å²) in [4.78, 5) is 11.9. The predicted molar refractivity (Wildman–Crippen MR) is 67.6 cm³/mol. The maximum Gasteiger partial charge on any atom is 0.309 e. The summed E-state index contributed by atoms with van der Waals surface area (Å²) in [5.74, 6) is 0.246. The first-order chi connectivity index (χ1) is 8.91. The maximum atomic E-state index is 11.9. The Balaban J connectivity index is 1.60. The first-order valence-corrected chi connectivity index (χ1v) is 7.47. The molecule has 0 aromatic heterocycles. The molecule has 1 aliphatic carbocycles. The molecule has 7 atom stereocenters. The minimum Gasteiger partial charge on any atom is -0.462 e. The zero-order chi connectivity index (χ0) is 13.4.